The lowest BCUT2D eigenvalue weighted by atomic mass is 10.1. The molecule has 1 aromatic heterocycles. The van der Waals surface area contributed by atoms with Gasteiger partial charge in [-0.3, -0.25) is 14.9 Å². The number of aryl methyl sites for hydroxylation is 1. The maximum atomic E-state index is 12.5. The minimum Gasteiger partial charge on any atom is -0.462 e. The van der Waals surface area contributed by atoms with Crippen LogP contribution >= 0.6 is 0 Å². The third-order valence-corrected chi connectivity index (χ3v) is 4.62. The first-order valence-corrected chi connectivity index (χ1v) is 9.88. The Labute approximate surface area is 189 Å². The molecular formula is C24H19N3O6. The molecule has 2 aromatic carbocycles. The van der Waals surface area contributed by atoms with Gasteiger partial charge in [0.1, 0.15) is 23.2 Å². The summed E-state index contributed by atoms with van der Waals surface area (Å²) in [5, 5.41) is 22.9. The fraction of sp³-hybridized carbons (Fsp3) is 0.125. The van der Waals surface area contributed by atoms with Crippen molar-refractivity contribution >= 4 is 29.3 Å². The topological polar surface area (TPSA) is 135 Å². The summed E-state index contributed by atoms with van der Waals surface area (Å²) < 4.78 is 10.6. The molecule has 9 nitrogen and oxygen atoms in total. The van der Waals surface area contributed by atoms with Crippen LogP contribution in [0, 0.1) is 28.4 Å². The SMILES string of the molecule is CCOC(=O)c1ccc(NC(=O)/C(C#N)=C/c2ccc(-c3ccc([N+](=O)[O-])cc3C)o2)cc1. The maximum absolute atomic E-state index is 12.5. The number of amides is 1. The number of esters is 1. The van der Waals surface area contributed by atoms with Gasteiger partial charge in [0.25, 0.3) is 11.6 Å². The predicted octanol–water partition coefficient (Wildman–Crippen LogP) is 4.89. The van der Waals surface area contributed by atoms with Crippen molar-refractivity contribution < 1.29 is 23.7 Å². The van der Waals surface area contributed by atoms with E-state index in [4.69, 9.17) is 9.15 Å². The molecule has 166 valence electrons. The zero-order valence-corrected chi connectivity index (χ0v) is 17.8. The summed E-state index contributed by atoms with van der Waals surface area (Å²) in [6.07, 6.45) is 1.30. The van der Waals surface area contributed by atoms with Gasteiger partial charge < -0.3 is 14.5 Å². The molecule has 3 rings (SSSR count). The normalized spacial score (nSPS) is 10.9. The fourth-order valence-electron chi connectivity index (χ4n) is 3.01. The van der Waals surface area contributed by atoms with Gasteiger partial charge in [0, 0.05) is 29.5 Å². The lowest BCUT2D eigenvalue weighted by molar-refractivity contribution is -0.384. The largest absolute Gasteiger partial charge is 0.462 e. The molecule has 0 aliphatic rings. The molecule has 0 bridgehead atoms. The second-order valence-corrected chi connectivity index (χ2v) is 6.88. The number of carbonyl (C=O) groups excluding carboxylic acids is 2. The number of anilines is 1. The van der Waals surface area contributed by atoms with Crippen LogP contribution in [-0.2, 0) is 9.53 Å². The number of nitrogens with zero attached hydrogens (tertiary/aromatic N) is 2. The summed E-state index contributed by atoms with van der Waals surface area (Å²) in [6, 6.07) is 15.6. The summed E-state index contributed by atoms with van der Waals surface area (Å²) in [5.74, 6) is -0.399. The van der Waals surface area contributed by atoms with Crippen molar-refractivity contribution in [2.45, 2.75) is 13.8 Å². The third kappa shape index (κ3) is 5.51. The minimum atomic E-state index is -0.647. The van der Waals surface area contributed by atoms with Gasteiger partial charge in [0.05, 0.1) is 17.1 Å². The number of nitro groups is 1. The van der Waals surface area contributed by atoms with E-state index < -0.39 is 16.8 Å². The number of ether oxygens (including phenoxy) is 1. The molecule has 1 heterocycles. The van der Waals surface area contributed by atoms with Crippen LogP contribution in [0.25, 0.3) is 17.4 Å². The Morgan fingerprint density at radius 1 is 1.18 bits per heavy atom. The van der Waals surface area contributed by atoms with Crippen molar-refractivity contribution in [1.82, 2.24) is 0 Å². The van der Waals surface area contributed by atoms with Crippen LogP contribution in [0.2, 0.25) is 0 Å². The van der Waals surface area contributed by atoms with E-state index in [9.17, 15) is 25.0 Å². The molecule has 0 saturated heterocycles. The van der Waals surface area contributed by atoms with Gasteiger partial charge in [-0.15, -0.1) is 0 Å². The Bertz CT molecular complexity index is 1280. The van der Waals surface area contributed by atoms with Gasteiger partial charge in [-0.2, -0.15) is 5.26 Å². The van der Waals surface area contributed by atoms with Crippen molar-refractivity contribution in [2.24, 2.45) is 0 Å². The van der Waals surface area contributed by atoms with Crippen LogP contribution in [0.5, 0.6) is 0 Å². The molecule has 0 saturated carbocycles. The minimum absolute atomic E-state index is 0.0262. The second kappa shape index (κ2) is 10.1. The van der Waals surface area contributed by atoms with Gasteiger partial charge in [0.2, 0.25) is 0 Å². The molecule has 33 heavy (non-hydrogen) atoms. The highest BCUT2D eigenvalue weighted by Gasteiger charge is 2.14. The second-order valence-electron chi connectivity index (χ2n) is 6.88. The van der Waals surface area contributed by atoms with E-state index in [1.54, 1.807) is 32.0 Å². The number of hydrogen-bond donors (Lipinski definition) is 1. The molecule has 0 fully saturated rings. The third-order valence-electron chi connectivity index (χ3n) is 4.62. The number of hydrogen-bond acceptors (Lipinski definition) is 7. The highest BCUT2D eigenvalue weighted by molar-refractivity contribution is 6.09. The van der Waals surface area contributed by atoms with E-state index >= 15 is 0 Å². The molecule has 0 aliphatic carbocycles. The number of nitro benzene ring substituents is 1. The van der Waals surface area contributed by atoms with Gasteiger partial charge in [-0.05, 0) is 61.9 Å². The van der Waals surface area contributed by atoms with Crippen molar-refractivity contribution in [1.29, 1.82) is 5.26 Å². The number of benzene rings is 2. The fourth-order valence-corrected chi connectivity index (χ4v) is 3.01. The molecule has 9 heteroatoms. The van der Waals surface area contributed by atoms with E-state index in [0.29, 0.717) is 28.1 Å². The standard InChI is InChI=1S/C24H19N3O6/c1-3-32-24(29)16-4-6-18(7-5-16)26-23(28)17(14-25)13-20-9-11-22(33-20)21-10-8-19(27(30)31)12-15(21)2/h4-13H,3H2,1-2H3,(H,26,28)/b17-13+. The summed E-state index contributed by atoms with van der Waals surface area (Å²) in [7, 11) is 0. The number of nitriles is 1. The van der Waals surface area contributed by atoms with E-state index in [0.717, 1.165) is 0 Å². The van der Waals surface area contributed by atoms with Crippen LogP contribution in [0.3, 0.4) is 0 Å². The van der Waals surface area contributed by atoms with Crippen molar-refractivity contribution in [2.75, 3.05) is 11.9 Å². The first-order valence-electron chi connectivity index (χ1n) is 9.88. The lowest BCUT2D eigenvalue weighted by Crippen LogP contribution is -2.13. The Balaban J connectivity index is 1.75. The summed E-state index contributed by atoms with van der Waals surface area (Å²) in [5.41, 5.74) is 1.84. The highest BCUT2D eigenvalue weighted by atomic mass is 16.6. The highest BCUT2D eigenvalue weighted by Crippen LogP contribution is 2.29. The average molecular weight is 445 g/mol. The van der Waals surface area contributed by atoms with E-state index in [1.165, 1.54) is 42.5 Å². The van der Waals surface area contributed by atoms with Crippen LogP contribution in [0.4, 0.5) is 11.4 Å². The number of furan rings is 1. The molecule has 0 radical (unpaired) electrons. The first-order chi connectivity index (χ1) is 15.8. The Hall–Kier alpha value is -4.71. The molecule has 0 unspecified atom stereocenters. The van der Waals surface area contributed by atoms with Gasteiger partial charge in [0.15, 0.2) is 0 Å². The summed E-state index contributed by atoms with van der Waals surface area (Å²) in [4.78, 5) is 34.6. The quantitative estimate of drug-likeness (QED) is 0.180. The number of rotatable bonds is 7. The molecule has 0 aliphatic heterocycles. The molecular weight excluding hydrogens is 426 g/mol. The summed E-state index contributed by atoms with van der Waals surface area (Å²) >= 11 is 0. The Morgan fingerprint density at radius 3 is 2.52 bits per heavy atom. The zero-order chi connectivity index (χ0) is 24.0. The molecule has 0 atom stereocenters. The van der Waals surface area contributed by atoms with Crippen molar-refractivity contribution in [3.05, 3.63) is 87.2 Å². The van der Waals surface area contributed by atoms with Gasteiger partial charge in [-0.25, -0.2) is 4.79 Å². The van der Waals surface area contributed by atoms with Crippen LogP contribution in [-0.4, -0.2) is 23.4 Å². The van der Waals surface area contributed by atoms with Crippen LogP contribution < -0.4 is 5.32 Å². The van der Waals surface area contributed by atoms with Gasteiger partial charge in [-0.1, -0.05) is 0 Å². The van der Waals surface area contributed by atoms with Crippen molar-refractivity contribution in [3.63, 3.8) is 0 Å². The van der Waals surface area contributed by atoms with E-state index in [2.05, 4.69) is 5.32 Å². The average Bonchev–Trinajstić information content (AvgIpc) is 3.26. The van der Waals surface area contributed by atoms with E-state index in [-0.39, 0.29) is 23.6 Å². The predicted molar refractivity (Wildman–Crippen MR) is 120 cm³/mol. The van der Waals surface area contributed by atoms with Crippen LogP contribution in [0.1, 0.15) is 28.6 Å². The summed E-state index contributed by atoms with van der Waals surface area (Å²) in [6.45, 7) is 3.69. The lowest BCUT2D eigenvalue weighted by Gasteiger charge is -2.06. The monoisotopic (exact) mass is 445 g/mol. The molecule has 0 spiro atoms. The zero-order valence-electron chi connectivity index (χ0n) is 17.8. The Kier molecular flexibility index (Phi) is 7.00. The Morgan fingerprint density at radius 2 is 1.91 bits per heavy atom. The molecule has 1 N–H and O–H groups in total. The van der Waals surface area contributed by atoms with Crippen LogP contribution in [0.15, 0.2) is 64.6 Å². The number of nitrogens with one attached hydrogen (secondary N) is 1. The molecule has 1 amide bonds. The van der Waals surface area contributed by atoms with E-state index in [1.807, 2.05) is 6.07 Å². The number of non-ortho nitro benzene ring substituents is 1. The first kappa shape index (κ1) is 23.0. The molecule has 3 aromatic rings. The van der Waals surface area contributed by atoms with Gasteiger partial charge >= 0.3 is 5.97 Å². The smallest absolute Gasteiger partial charge is 0.338 e. The number of carbonyl (C=O) groups is 2. The maximum Gasteiger partial charge on any atom is 0.338 e. The van der Waals surface area contributed by atoms with Crippen molar-refractivity contribution in [3.8, 4) is 17.4 Å².